The lowest BCUT2D eigenvalue weighted by molar-refractivity contribution is 0.0693. The summed E-state index contributed by atoms with van der Waals surface area (Å²) in [6.07, 6.45) is 0. The maximum atomic E-state index is 11.8. The summed E-state index contributed by atoms with van der Waals surface area (Å²) in [5.74, 6) is -0.115. The summed E-state index contributed by atoms with van der Waals surface area (Å²) in [4.78, 5) is 11.8. The van der Waals surface area contributed by atoms with E-state index in [-0.39, 0.29) is 0 Å². The van der Waals surface area contributed by atoms with E-state index in [9.17, 15) is 4.79 Å². The highest BCUT2D eigenvalue weighted by Crippen LogP contribution is 2.18. The van der Waals surface area contributed by atoms with Gasteiger partial charge in [0.1, 0.15) is 5.76 Å². The van der Waals surface area contributed by atoms with Crippen LogP contribution in [0, 0.1) is 0 Å². The van der Waals surface area contributed by atoms with Gasteiger partial charge in [0.15, 0.2) is 0 Å². The van der Waals surface area contributed by atoms with Crippen molar-refractivity contribution in [1.82, 2.24) is 0 Å². The molecule has 0 spiro atoms. The van der Waals surface area contributed by atoms with Gasteiger partial charge in [0.05, 0.1) is 5.56 Å². The molecular formula is C15H11ClO2. The fraction of sp³-hybridized carbons (Fsp3) is 0. The largest absolute Gasteiger partial charge is 0.423 e. The zero-order chi connectivity index (χ0) is 13.0. The molecule has 0 fully saturated rings. The van der Waals surface area contributed by atoms with E-state index in [4.69, 9.17) is 16.3 Å². The molecule has 2 aromatic rings. The smallest absolute Gasteiger partial charge is 0.343 e. The molecule has 0 unspecified atom stereocenters. The van der Waals surface area contributed by atoms with E-state index in [0.717, 1.165) is 5.56 Å². The third kappa shape index (κ3) is 2.99. The fourth-order valence-electron chi connectivity index (χ4n) is 1.44. The quantitative estimate of drug-likeness (QED) is 0.610. The first-order chi connectivity index (χ1) is 8.66. The summed E-state index contributed by atoms with van der Waals surface area (Å²) in [5.41, 5.74) is 1.22. The van der Waals surface area contributed by atoms with Crippen molar-refractivity contribution >= 4 is 23.3 Å². The minimum Gasteiger partial charge on any atom is -0.423 e. The minimum atomic E-state index is -0.421. The topological polar surface area (TPSA) is 26.3 Å². The minimum absolute atomic E-state index is 0.306. The third-order valence-electron chi connectivity index (χ3n) is 2.39. The summed E-state index contributed by atoms with van der Waals surface area (Å²) in [5, 5.41) is 0.626. The van der Waals surface area contributed by atoms with Crippen molar-refractivity contribution in [3.05, 3.63) is 77.3 Å². The van der Waals surface area contributed by atoms with Crippen LogP contribution >= 0.6 is 11.6 Å². The molecule has 90 valence electrons. The van der Waals surface area contributed by atoms with Gasteiger partial charge in [-0.15, -0.1) is 0 Å². The van der Waals surface area contributed by atoms with Gasteiger partial charge < -0.3 is 4.74 Å². The maximum absolute atomic E-state index is 11.8. The van der Waals surface area contributed by atoms with Gasteiger partial charge in [0, 0.05) is 10.6 Å². The van der Waals surface area contributed by atoms with Crippen LogP contribution in [0.5, 0.6) is 0 Å². The number of rotatable bonds is 3. The number of hydrogen-bond acceptors (Lipinski definition) is 2. The van der Waals surface area contributed by atoms with Gasteiger partial charge in [0.2, 0.25) is 0 Å². The molecule has 2 nitrogen and oxygen atoms in total. The number of ether oxygens (including phenoxy) is 1. The molecule has 0 amide bonds. The van der Waals surface area contributed by atoms with Crippen LogP contribution in [0.3, 0.4) is 0 Å². The standard InChI is InChI=1S/C15H11ClO2/c1-11(12-7-9-14(16)10-8-12)18-15(17)13-5-3-2-4-6-13/h2-10H,1H2. The predicted octanol–water partition coefficient (Wildman–Crippen LogP) is 4.17. The Bertz CT molecular complexity index is 559. The molecule has 0 heterocycles. The van der Waals surface area contributed by atoms with E-state index in [1.165, 1.54) is 0 Å². The normalized spacial score (nSPS) is 9.83. The van der Waals surface area contributed by atoms with Crippen LogP contribution in [-0.2, 0) is 4.74 Å². The molecule has 0 atom stereocenters. The van der Waals surface area contributed by atoms with E-state index in [1.807, 2.05) is 6.07 Å². The summed E-state index contributed by atoms with van der Waals surface area (Å²) >= 11 is 5.78. The molecule has 18 heavy (non-hydrogen) atoms. The zero-order valence-electron chi connectivity index (χ0n) is 9.60. The summed E-state index contributed by atoms with van der Waals surface area (Å²) in [6, 6.07) is 15.7. The highest BCUT2D eigenvalue weighted by Gasteiger charge is 2.09. The number of carbonyl (C=O) groups is 1. The van der Waals surface area contributed by atoms with Gasteiger partial charge in [-0.1, -0.05) is 36.4 Å². The van der Waals surface area contributed by atoms with Crippen molar-refractivity contribution in [3.8, 4) is 0 Å². The molecule has 2 aromatic carbocycles. The molecule has 0 N–H and O–H groups in total. The van der Waals surface area contributed by atoms with Gasteiger partial charge in [-0.3, -0.25) is 0 Å². The van der Waals surface area contributed by atoms with Crippen LogP contribution < -0.4 is 0 Å². The van der Waals surface area contributed by atoms with Crippen molar-refractivity contribution in [2.45, 2.75) is 0 Å². The molecule has 0 radical (unpaired) electrons. The van der Waals surface area contributed by atoms with Crippen LogP contribution in [0.25, 0.3) is 5.76 Å². The van der Waals surface area contributed by atoms with Gasteiger partial charge in [-0.05, 0) is 36.4 Å². The monoisotopic (exact) mass is 258 g/mol. The lowest BCUT2D eigenvalue weighted by Gasteiger charge is -2.07. The second-order valence-electron chi connectivity index (χ2n) is 3.69. The van der Waals surface area contributed by atoms with E-state index in [2.05, 4.69) is 6.58 Å². The van der Waals surface area contributed by atoms with Crippen LogP contribution in [0.2, 0.25) is 5.02 Å². The Hall–Kier alpha value is -2.06. The molecule has 0 aliphatic carbocycles. The van der Waals surface area contributed by atoms with Gasteiger partial charge >= 0.3 is 5.97 Å². The maximum Gasteiger partial charge on any atom is 0.343 e. The second-order valence-corrected chi connectivity index (χ2v) is 4.12. The Morgan fingerprint density at radius 2 is 1.56 bits per heavy atom. The molecule has 3 heteroatoms. The average molecular weight is 259 g/mol. The van der Waals surface area contributed by atoms with E-state index >= 15 is 0 Å². The Labute approximate surface area is 110 Å². The summed E-state index contributed by atoms with van der Waals surface area (Å²) < 4.78 is 5.19. The van der Waals surface area contributed by atoms with Crippen LogP contribution in [0.4, 0.5) is 0 Å². The van der Waals surface area contributed by atoms with Crippen LogP contribution in [0.1, 0.15) is 15.9 Å². The van der Waals surface area contributed by atoms with E-state index < -0.39 is 5.97 Å². The lowest BCUT2D eigenvalue weighted by atomic mass is 10.2. The summed E-state index contributed by atoms with van der Waals surface area (Å²) in [7, 11) is 0. The predicted molar refractivity (Wildman–Crippen MR) is 72.3 cm³/mol. The van der Waals surface area contributed by atoms with Crippen molar-refractivity contribution in [1.29, 1.82) is 0 Å². The molecule has 0 aliphatic rings. The van der Waals surface area contributed by atoms with Gasteiger partial charge in [-0.2, -0.15) is 0 Å². The number of benzene rings is 2. The lowest BCUT2D eigenvalue weighted by Crippen LogP contribution is -2.03. The SMILES string of the molecule is C=C(OC(=O)c1ccccc1)c1ccc(Cl)cc1. The molecular weight excluding hydrogens is 248 g/mol. The van der Waals surface area contributed by atoms with Crippen LogP contribution in [0.15, 0.2) is 61.2 Å². The number of hydrogen-bond donors (Lipinski definition) is 0. The van der Waals surface area contributed by atoms with Gasteiger partial charge in [-0.25, -0.2) is 4.79 Å². The molecule has 0 saturated carbocycles. The molecule has 0 saturated heterocycles. The van der Waals surface area contributed by atoms with E-state index in [1.54, 1.807) is 48.5 Å². The van der Waals surface area contributed by atoms with Crippen molar-refractivity contribution in [3.63, 3.8) is 0 Å². The number of esters is 1. The summed E-state index contributed by atoms with van der Waals surface area (Å²) in [6.45, 7) is 3.73. The van der Waals surface area contributed by atoms with Crippen molar-refractivity contribution in [2.24, 2.45) is 0 Å². The first kappa shape index (κ1) is 12.4. The Balaban J connectivity index is 2.08. The highest BCUT2D eigenvalue weighted by molar-refractivity contribution is 6.30. The number of halogens is 1. The molecule has 0 aliphatic heterocycles. The molecule has 0 aromatic heterocycles. The van der Waals surface area contributed by atoms with Crippen LogP contribution in [-0.4, -0.2) is 5.97 Å². The Morgan fingerprint density at radius 1 is 0.944 bits per heavy atom. The average Bonchev–Trinajstić information content (AvgIpc) is 2.40. The van der Waals surface area contributed by atoms with E-state index in [0.29, 0.717) is 16.3 Å². The fourth-order valence-corrected chi connectivity index (χ4v) is 1.57. The number of carbonyl (C=O) groups excluding carboxylic acids is 1. The second kappa shape index (κ2) is 5.52. The van der Waals surface area contributed by atoms with Crippen molar-refractivity contribution in [2.75, 3.05) is 0 Å². The first-order valence-electron chi connectivity index (χ1n) is 5.39. The first-order valence-corrected chi connectivity index (χ1v) is 5.76. The third-order valence-corrected chi connectivity index (χ3v) is 2.64. The molecule has 2 rings (SSSR count). The zero-order valence-corrected chi connectivity index (χ0v) is 10.4. The van der Waals surface area contributed by atoms with Gasteiger partial charge in [0.25, 0.3) is 0 Å². The molecule has 0 bridgehead atoms. The Morgan fingerprint density at radius 3 is 2.17 bits per heavy atom. The Kier molecular flexibility index (Phi) is 3.80. The highest BCUT2D eigenvalue weighted by atomic mass is 35.5. The van der Waals surface area contributed by atoms with Crippen molar-refractivity contribution < 1.29 is 9.53 Å².